The molecular weight excluding hydrogens is 230 g/mol. The summed E-state index contributed by atoms with van der Waals surface area (Å²) in [6.45, 7) is 1.69. The first-order valence-electron chi connectivity index (χ1n) is 5.58. The zero-order valence-electron chi connectivity index (χ0n) is 9.79. The van der Waals surface area contributed by atoms with Crippen molar-refractivity contribution in [2.24, 2.45) is 0 Å². The van der Waals surface area contributed by atoms with Crippen LogP contribution in [0.5, 0.6) is 0 Å². The summed E-state index contributed by atoms with van der Waals surface area (Å²) in [5.74, 6) is 0.685. The van der Waals surface area contributed by atoms with Crippen LogP contribution in [0, 0.1) is 6.92 Å². The molecule has 0 unspecified atom stereocenters. The third-order valence-electron chi connectivity index (χ3n) is 2.68. The summed E-state index contributed by atoms with van der Waals surface area (Å²) < 4.78 is 5.16. The minimum atomic E-state index is -0.231. The van der Waals surface area contributed by atoms with Crippen molar-refractivity contribution < 1.29 is 9.63 Å². The molecule has 2 aromatic heterocycles. The Balaban J connectivity index is 2.27. The number of fused-ring (bicyclic) bond motifs is 1. The topological polar surface area (TPSA) is 72.0 Å². The van der Waals surface area contributed by atoms with Gasteiger partial charge in [0, 0.05) is 11.1 Å². The predicted molar refractivity (Wildman–Crippen MR) is 65.7 cm³/mol. The number of para-hydroxylation sites is 1. The molecule has 1 aromatic carbocycles. The smallest absolute Gasteiger partial charge is 0.258 e. The van der Waals surface area contributed by atoms with Gasteiger partial charge in [-0.1, -0.05) is 23.4 Å². The van der Waals surface area contributed by atoms with Crippen molar-refractivity contribution in [3.05, 3.63) is 41.9 Å². The Morgan fingerprint density at radius 2 is 2.06 bits per heavy atom. The molecule has 0 fully saturated rings. The number of aliphatic hydroxyl groups excluding tert-OH is 1. The quantitative estimate of drug-likeness (QED) is 0.743. The summed E-state index contributed by atoms with van der Waals surface area (Å²) in [6.07, 6.45) is 0. The zero-order chi connectivity index (χ0) is 12.5. The fourth-order valence-corrected chi connectivity index (χ4v) is 1.91. The van der Waals surface area contributed by atoms with Gasteiger partial charge >= 0.3 is 0 Å². The SMILES string of the molecule is Cc1cc(-c2nc(CO)no2)c2ccccc2n1. The predicted octanol–water partition coefficient (Wildman–Crippen LogP) is 2.09. The van der Waals surface area contributed by atoms with Crippen molar-refractivity contribution in [1.82, 2.24) is 15.1 Å². The Bertz CT molecular complexity index is 706. The second kappa shape index (κ2) is 4.19. The third-order valence-corrected chi connectivity index (χ3v) is 2.68. The van der Waals surface area contributed by atoms with Gasteiger partial charge in [0.25, 0.3) is 5.89 Å². The highest BCUT2D eigenvalue weighted by Crippen LogP contribution is 2.27. The maximum Gasteiger partial charge on any atom is 0.258 e. The molecule has 0 amide bonds. The van der Waals surface area contributed by atoms with E-state index in [1.807, 2.05) is 37.3 Å². The lowest BCUT2D eigenvalue weighted by molar-refractivity contribution is 0.264. The summed E-state index contributed by atoms with van der Waals surface area (Å²) in [6, 6.07) is 9.67. The van der Waals surface area contributed by atoms with Gasteiger partial charge in [0.1, 0.15) is 6.61 Å². The number of pyridine rings is 1. The van der Waals surface area contributed by atoms with E-state index in [1.54, 1.807) is 0 Å². The summed E-state index contributed by atoms with van der Waals surface area (Å²) >= 11 is 0. The van der Waals surface area contributed by atoms with Crippen LogP contribution in [0.4, 0.5) is 0 Å². The van der Waals surface area contributed by atoms with Gasteiger partial charge < -0.3 is 9.63 Å². The minimum Gasteiger partial charge on any atom is -0.388 e. The fraction of sp³-hybridized carbons (Fsp3) is 0.154. The standard InChI is InChI=1S/C13H11N3O2/c1-8-6-10(13-15-12(7-17)16-18-13)9-4-2-3-5-11(9)14-8/h2-6,17H,7H2,1H3. The molecule has 2 heterocycles. The second-order valence-corrected chi connectivity index (χ2v) is 4.00. The van der Waals surface area contributed by atoms with Crippen LogP contribution in [0.15, 0.2) is 34.9 Å². The van der Waals surface area contributed by atoms with Crippen LogP contribution in [0.3, 0.4) is 0 Å². The number of hydrogen-bond donors (Lipinski definition) is 1. The largest absolute Gasteiger partial charge is 0.388 e. The van der Waals surface area contributed by atoms with Gasteiger partial charge in [0.05, 0.1) is 11.1 Å². The van der Waals surface area contributed by atoms with Gasteiger partial charge in [-0.05, 0) is 19.1 Å². The molecule has 0 aliphatic rings. The summed E-state index contributed by atoms with van der Waals surface area (Å²) in [7, 11) is 0. The lowest BCUT2D eigenvalue weighted by atomic mass is 10.1. The molecule has 0 aliphatic carbocycles. The maximum absolute atomic E-state index is 8.97. The molecule has 90 valence electrons. The number of nitrogens with zero attached hydrogens (tertiary/aromatic N) is 3. The maximum atomic E-state index is 8.97. The molecule has 5 heteroatoms. The second-order valence-electron chi connectivity index (χ2n) is 4.00. The molecule has 0 atom stereocenters. The van der Waals surface area contributed by atoms with Crippen LogP contribution >= 0.6 is 0 Å². The lowest BCUT2D eigenvalue weighted by Crippen LogP contribution is -1.89. The van der Waals surface area contributed by atoms with Gasteiger partial charge in [-0.2, -0.15) is 4.98 Å². The number of aliphatic hydroxyl groups is 1. The van der Waals surface area contributed by atoms with Crippen LogP contribution in [0.25, 0.3) is 22.4 Å². The first-order valence-corrected chi connectivity index (χ1v) is 5.58. The number of benzene rings is 1. The molecule has 3 rings (SSSR count). The molecule has 0 bridgehead atoms. The van der Waals surface area contributed by atoms with Crippen molar-refractivity contribution in [2.75, 3.05) is 0 Å². The van der Waals surface area contributed by atoms with Gasteiger partial charge in [0.2, 0.25) is 0 Å². The van der Waals surface area contributed by atoms with Gasteiger partial charge in [0.15, 0.2) is 5.82 Å². The Labute approximate surface area is 103 Å². The zero-order valence-corrected chi connectivity index (χ0v) is 9.79. The van der Waals surface area contributed by atoms with Crippen LogP contribution in [0.2, 0.25) is 0 Å². The van der Waals surface area contributed by atoms with E-state index in [0.29, 0.717) is 5.89 Å². The lowest BCUT2D eigenvalue weighted by Gasteiger charge is -2.03. The first kappa shape index (κ1) is 10.9. The van der Waals surface area contributed by atoms with E-state index in [4.69, 9.17) is 9.63 Å². The molecule has 1 N–H and O–H groups in total. The van der Waals surface area contributed by atoms with Crippen molar-refractivity contribution in [3.8, 4) is 11.5 Å². The van der Waals surface area contributed by atoms with Crippen molar-refractivity contribution in [2.45, 2.75) is 13.5 Å². The average molecular weight is 241 g/mol. The van der Waals surface area contributed by atoms with Crippen LogP contribution in [-0.4, -0.2) is 20.2 Å². The van der Waals surface area contributed by atoms with Crippen LogP contribution in [-0.2, 0) is 6.61 Å². The van der Waals surface area contributed by atoms with Gasteiger partial charge in [-0.25, -0.2) is 0 Å². The van der Waals surface area contributed by atoms with E-state index in [0.717, 1.165) is 22.2 Å². The van der Waals surface area contributed by atoms with Crippen molar-refractivity contribution in [3.63, 3.8) is 0 Å². The molecule has 3 aromatic rings. The minimum absolute atomic E-state index is 0.231. The van der Waals surface area contributed by atoms with Crippen molar-refractivity contribution >= 4 is 10.9 Å². The molecule has 5 nitrogen and oxygen atoms in total. The normalized spacial score (nSPS) is 11.0. The van der Waals surface area contributed by atoms with E-state index < -0.39 is 0 Å². The monoisotopic (exact) mass is 241 g/mol. The highest BCUT2D eigenvalue weighted by molar-refractivity contribution is 5.92. The molecular formula is C13H11N3O2. The number of aryl methyl sites for hydroxylation is 1. The van der Waals surface area contributed by atoms with Crippen LogP contribution < -0.4 is 0 Å². The Kier molecular flexibility index (Phi) is 2.53. The molecule has 0 spiro atoms. The van der Waals surface area contributed by atoms with E-state index in [1.165, 1.54) is 0 Å². The number of aromatic nitrogens is 3. The van der Waals surface area contributed by atoms with Gasteiger partial charge in [-0.15, -0.1) is 0 Å². The molecule has 0 saturated heterocycles. The third kappa shape index (κ3) is 1.74. The summed E-state index contributed by atoms with van der Waals surface area (Å²) in [5.41, 5.74) is 2.61. The molecule has 18 heavy (non-hydrogen) atoms. The number of rotatable bonds is 2. The molecule has 0 aliphatic heterocycles. The summed E-state index contributed by atoms with van der Waals surface area (Å²) in [5, 5.41) is 13.6. The van der Waals surface area contributed by atoms with Crippen LogP contribution in [0.1, 0.15) is 11.5 Å². The van der Waals surface area contributed by atoms with E-state index in [2.05, 4.69) is 15.1 Å². The van der Waals surface area contributed by atoms with E-state index in [9.17, 15) is 0 Å². The average Bonchev–Trinajstić information content (AvgIpc) is 2.86. The van der Waals surface area contributed by atoms with E-state index >= 15 is 0 Å². The van der Waals surface area contributed by atoms with Gasteiger partial charge in [-0.3, -0.25) is 4.98 Å². The number of hydrogen-bond acceptors (Lipinski definition) is 5. The summed E-state index contributed by atoms with van der Waals surface area (Å²) in [4.78, 5) is 8.58. The first-order chi connectivity index (χ1) is 8.78. The Morgan fingerprint density at radius 1 is 1.22 bits per heavy atom. The Morgan fingerprint density at radius 3 is 2.83 bits per heavy atom. The fourth-order valence-electron chi connectivity index (χ4n) is 1.91. The Hall–Kier alpha value is -2.27. The van der Waals surface area contributed by atoms with E-state index in [-0.39, 0.29) is 12.4 Å². The van der Waals surface area contributed by atoms with Crippen molar-refractivity contribution in [1.29, 1.82) is 0 Å². The highest BCUT2D eigenvalue weighted by atomic mass is 16.5. The highest BCUT2D eigenvalue weighted by Gasteiger charge is 2.12. The molecule has 0 radical (unpaired) electrons. The molecule has 0 saturated carbocycles.